The lowest BCUT2D eigenvalue weighted by Crippen LogP contribution is -2.05. The third kappa shape index (κ3) is 11.6. The molecule has 0 heterocycles. The molecule has 8 nitrogen and oxygen atoms in total. The quantitative estimate of drug-likeness (QED) is 0.108. The van der Waals surface area contributed by atoms with Crippen molar-refractivity contribution in [3.63, 3.8) is 0 Å². The number of carboxylic acids is 2. The molecule has 0 aromatic heterocycles. The Hall–Kier alpha value is -4.32. The zero-order valence-corrected chi connectivity index (χ0v) is 28.9. The van der Waals surface area contributed by atoms with Crippen LogP contribution >= 0.6 is 47.8 Å². The Labute approximate surface area is 291 Å². The Bertz CT molecular complexity index is 1720. The summed E-state index contributed by atoms with van der Waals surface area (Å²) >= 11 is 9.66. The standard InChI is InChI=1S/C21H17BrO4.C7H5BrO4.C7H7Br/c22-18-11-17(21(23)24)19(25-13-15-7-3-1-4-8-15)12-20(18)26-14-16-9-5-2-6-10-16;8-4-1-3(7(11)12)5(9)2-6(4)10;8-6-7-4-2-1-3-5-7/h1-12H,13-14H2,(H,23,24);1-2,9-10H,(H,11,12);1-5H,6H2. The van der Waals surface area contributed by atoms with Crippen molar-refractivity contribution in [2.45, 2.75) is 18.5 Å². The lowest BCUT2D eigenvalue weighted by atomic mass is 10.2. The molecule has 0 bridgehead atoms. The summed E-state index contributed by atoms with van der Waals surface area (Å²) in [5.74, 6) is -2.15. The van der Waals surface area contributed by atoms with E-state index >= 15 is 0 Å². The van der Waals surface area contributed by atoms with Crippen LogP contribution in [0.5, 0.6) is 23.0 Å². The minimum atomic E-state index is -1.24. The van der Waals surface area contributed by atoms with Crippen molar-refractivity contribution in [3.05, 3.63) is 152 Å². The predicted molar refractivity (Wildman–Crippen MR) is 186 cm³/mol. The molecule has 5 rings (SSSR count). The SMILES string of the molecule is BrCc1ccccc1.O=C(O)c1cc(Br)c(O)cc1O.O=C(O)c1cc(Br)c(OCc2ccccc2)cc1OCc1ccccc1. The van der Waals surface area contributed by atoms with Crippen molar-refractivity contribution < 1.29 is 39.5 Å². The Morgan fingerprint density at radius 3 is 1.41 bits per heavy atom. The van der Waals surface area contributed by atoms with E-state index in [4.69, 9.17) is 24.8 Å². The normalized spacial score (nSPS) is 9.98. The van der Waals surface area contributed by atoms with E-state index in [2.05, 4.69) is 59.9 Å². The van der Waals surface area contributed by atoms with Crippen molar-refractivity contribution in [2.75, 3.05) is 0 Å². The topological polar surface area (TPSA) is 134 Å². The maximum Gasteiger partial charge on any atom is 0.339 e. The van der Waals surface area contributed by atoms with Crippen LogP contribution in [0, 0.1) is 0 Å². The Morgan fingerprint density at radius 2 is 0.978 bits per heavy atom. The van der Waals surface area contributed by atoms with Crippen LogP contribution in [0.3, 0.4) is 0 Å². The second-order valence-corrected chi connectivity index (χ2v) is 11.6. The third-order valence-corrected chi connectivity index (χ3v) is 7.93. The molecule has 46 heavy (non-hydrogen) atoms. The molecule has 5 aromatic carbocycles. The van der Waals surface area contributed by atoms with Crippen molar-refractivity contribution >= 4 is 59.7 Å². The van der Waals surface area contributed by atoms with Crippen LogP contribution < -0.4 is 9.47 Å². The van der Waals surface area contributed by atoms with Crippen molar-refractivity contribution in [1.29, 1.82) is 0 Å². The number of alkyl halides is 1. The van der Waals surface area contributed by atoms with Gasteiger partial charge in [0.05, 0.1) is 8.95 Å². The minimum Gasteiger partial charge on any atom is -0.507 e. The molecule has 0 aliphatic carbocycles. The summed E-state index contributed by atoms with van der Waals surface area (Å²) in [5, 5.41) is 36.9. The highest BCUT2D eigenvalue weighted by Crippen LogP contribution is 2.34. The summed E-state index contributed by atoms with van der Waals surface area (Å²) in [6.07, 6.45) is 0. The summed E-state index contributed by atoms with van der Waals surface area (Å²) in [6.45, 7) is 0.658. The molecule has 0 amide bonds. The maximum absolute atomic E-state index is 11.5. The summed E-state index contributed by atoms with van der Waals surface area (Å²) < 4.78 is 12.4. The summed E-state index contributed by atoms with van der Waals surface area (Å²) in [7, 11) is 0. The number of hydrogen-bond donors (Lipinski definition) is 4. The van der Waals surface area contributed by atoms with E-state index in [1.165, 1.54) is 11.6 Å². The monoisotopic (exact) mass is 814 g/mol. The van der Waals surface area contributed by atoms with E-state index in [-0.39, 0.29) is 33.7 Å². The van der Waals surface area contributed by atoms with Gasteiger partial charge in [-0.2, -0.15) is 0 Å². The highest BCUT2D eigenvalue weighted by atomic mass is 79.9. The zero-order chi connectivity index (χ0) is 33.5. The molecule has 11 heteroatoms. The summed E-state index contributed by atoms with van der Waals surface area (Å²) in [5.41, 5.74) is 3.14. The van der Waals surface area contributed by atoms with Gasteiger partial charge < -0.3 is 29.9 Å². The van der Waals surface area contributed by atoms with E-state index in [1.807, 2.05) is 78.9 Å². The largest absolute Gasteiger partial charge is 0.507 e. The molecule has 0 saturated carbocycles. The molecule has 0 unspecified atom stereocenters. The third-order valence-electron chi connectivity index (χ3n) is 6.03. The van der Waals surface area contributed by atoms with E-state index in [0.29, 0.717) is 16.8 Å². The molecular formula is C35H29Br3O8. The Kier molecular flexibility index (Phi) is 14.6. The molecule has 0 fully saturated rings. The van der Waals surface area contributed by atoms with E-state index in [1.54, 1.807) is 6.07 Å². The van der Waals surface area contributed by atoms with Crippen molar-refractivity contribution in [3.8, 4) is 23.0 Å². The molecule has 0 atom stereocenters. The predicted octanol–water partition coefficient (Wildman–Crippen LogP) is 9.45. The molecule has 0 aliphatic rings. The second-order valence-electron chi connectivity index (χ2n) is 9.38. The maximum atomic E-state index is 11.5. The molecule has 5 aromatic rings. The van der Waals surface area contributed by atoms with Crippen LogP contribution in [-0.2, 0) is 18.5 Å². The van der Waals surface area contributed by atoms with Crippen LogP contribution in [0.15, 0.2) is 124 Å². The van der Waals surface area contributed by atoms with Gasteiger partial charge in [0.2, 0.25) is 0 Å². The minimum absolute atomic E-state index is 0.0832. The molecule has 4 N–H and O–H groups in total. The zero-order valence-electron chi connectivity index (χ0n) is 24.1. The van der Waals surface area contributed by atoms with Gasteiger partial charge in [0.25, 0.3) is 0 Å². The van der Waals surface area contributed by atoms with Crippen LogP contribution in [0.1, 0.15) is 37.4 Å². The number of halogens is 3. The molecule has 0 aliphatic heterocycles. The van der Waals surface area contributed by atoms with Gasteiger partial charge in [0.15, 0.2) is 0 Å². The first-order valence-electron chi connectivity index (χ1n) is 13.5. The van der Waals surface area contributed by atoms with Crippen LogP contribution in [0.4, 0.5) is 0 Å². The fourth-order valence-electron chi connectivity index (χ4n) is 3.69. The van der Waals surface area contributed by atoms with Gasteiger partial charge in [-0.05, 0) is 60.7 Å². The van der Waals surface area contributed by atoms with Crippen molar-refractivity contribution in [1.82, 2.24) is 0 Å². The van der Waals surface area contributed by atoms with Gasteiger partial charge in [-0.3, -0.25) is 0 Å². The number of carboxylic acid groups (broad SMARTS) is 2. The van der Waals surface area contributed by atoms with Gasteiger partial charge in [0, 0.05) is 17.5 Å². The highest BCUT2D eigenvalue weighted by Gasteiger charge is 2.17. The number of aromatic carboxylic acids is 2. The van der Waals surface area contributed by atoms with Crippen LogP contribution in [0.2, 0.25) is 0 Å². The summed E-state index contributed by atoms with van der Waals surface area (Å²) in [6, 6.07) is 34.8. The molecule has 0 radical (unpaired) electrons. The van der Waals surface area contributed by atoms with Gasteiger partial charge in [-0.25, -0.2) is 9.59 Å². The number of phenolic OH excluding ortho intramolecular Hbond substituents is 1. The average molecular weight is 817 g/mol. The number of hydrogen-bond acceptors (Lipinski definition) is 6. The first-order chi connectivity index (χ1) is 22.1. The smallest absolute Gasteiger partial charge is 0.339 e. The molecule has 0 spiro atoms. The fraction of sp³-hybridized carbons (Fsp3) is 0.0857. The van der Waals surface area contributed by atoms with Gasteiger partial charge >= 0.3 is 11.9 Å². The fourth-order valence-corrected chi connectivity index (χ4v) is 4.87. The Morgan fingerprint density at radius 1 is 0.543 bits per heavy atom. The average Bonchev–Trinajstić information content (AvgIpc) is 3.06. The Balaban J connectivity index is 0.000000236. The van der Waals surface area contributed by atoms with E-state index < -0.39 is 17.7 Å². The lowest BCUT2D eigenvalue weighted by Gasteiger charge is -2.14. The number of phenols is 2. The van der Waals surface area contributed by atoms with Gasteiger partial charge in [-0.1, -0.05) is 107 Å². The van der Waals surface area contributed by atoms with Crippen LogP contribution in [-0.4, -0.2) is 32.4 Å². The number of aromatic hydroxyl groups is 2. The van der Waals surface area contributed by atoms with Gasteiger partial charge in [0.1, 0.15) is 47.3 Å². The lowest BCUT2D eigenvalue weighted by molar-refractivity contribution is 0.0681. The first kappa shape index (κ1) is 36.2. The van der Waals surface area contributed by atoms with Crippen molar-refractivity contribution in [2.24, 2.45) is 0 Å². The number of ether oxygens (including phenoxy) is 2. The number of carbonyl (C=O) groups is 2. The molecule has 0 saturated heterocycles. The second kappa shape index (κ2) is 18.6. The van der Waals surface area contributed by atoms with Crippen LogP contribution in [0.25, 0.3) is 0 Å². The molecule has 238 valence electrons. The number of rotatable bonds is 9. The van der Waals surface area contributed by atoms with E-state index in [9.17, 15) is 14.7 Å². The van der Waals surface area contributed by atoms with E-state index in [0.717, 1.165) is 28.6 Å². The number of benzene rings is 5. The summed E-state index contributed by atoms with van der Waals surface area (Å²) in [4.78, 5) is 22.0. The molecular weight excluding hydrogens is 788 g/mol. The van der Waals surface area contributed by atoms with Gasteiger partial charge in [-0.15, -0.1) is 0 Å². The first-order valence-corrected chi connectivity index (χ1v) is 16.2. The highest BCUT2D eigenvalue weighted by molar-refractivity contribution is 9.11.